The van der Waals surface area contributed by atoms with E-state index in [-0.39, 0.29) is 6.61 Å². The summed E-state index contributed by atoms with van der Waals surface area (Å²) in [6.07, 6.45) is 4.83. The maximum Gasteiger partial charge on any atom is 0.255 e. The van der Waals surface area contributed by atoms with Crippen LogP contribution in [0.5, 0.6) is 17.2 Å². The number of benzene rings is 2. The summed E-state index contributed by atoms with van der Waals surface area (Å²) in [4.78, 5) is 10.8. The zero-order valence-electron chi connectivity index (χ0n) is 16.2. The van der Waals surface area contributed by atoms with Crippen molar-refractivity contribution in [2.45, 2.75) is 44.4 Å². The lowest BCUT2D eigenvalue weighted by Gasteiger charge is -2.19. The molecule has 2 N–H and O–H groups in total. The minimum Gasteiger partial charge on any atom is -0.484 e. The lowest BCUT2D eigenvalue weighted by atomic mass is 9.87. The van der Waals surface area contributed by atoms with Crippen LogP contribution in [0.3, 0.4) is 0 Å². The van der Waals surface area contributed by atoms with Crippen LogP contribution >= 0.6 is 0 Å². The van der Waals surface area contributed by atoms with Crippen molar-refractivity contribution in [2.75, 3.05) is 13.4 Å². The largest absolute Gasteiger partial charge is 0.484 e. The Balaban J connectivity index is 1.34. The molecule has 0 saturated heterocycles. The fourth-order valence-corrected chi connectivity index (χ4v) is 4.55. The maximum atomic E-state index is 10.8. The Bertz CT molecular complexity index is 833. The molecule has 5 heteroatoms. The predicted molar refractivity (Wildman–Crippen MR) is 107 cm³/mol. The lowest BCUT2D eigenvalue weighted by molar-refractivity contribution is -0.119. The van der Waals surface area contributed by atoms with Crippen molar-refractivity contribution in [1.82, 2.24) is 0 Å². The zero-order chi connectivity index (χ0) is 19.5. The van der Waals surface area contributed by atoms with Gasteiger partial charge < -0.3 is 19.9 Å². The number of hydrogen-bond acceptors (Lipinski definition) is 4. The highest BCUT2D eigenvalue weighted by molar-refractivity contribution is 5.75. The van der Waals surface area contributed by atoms with Gasteiger partial charge in [0.2, 0.25) is 6.79 Å². The third kappa shape index (κ3) is 4.08. The lowest BCUT2D eigenvalue weighted by Crippen LogP contribution is -2.19. The zero-order valence-corrected chi connectivity index (χ0v) is 16.2. The quantitative estimate of drug-likeness (QED) is 0.774. The molecule has 1 heterocycles. The molecule has 2 aliphatic rings. The molecule has 2 aromatic rings. The molecular weight excluding hydrogens is 354 g/mol. The summed E-state index contributed by atoms with van der Waals surface area (Å²) >= 11 is 0. The van der Waals surface area contributed by atoms with Gasteiger partial charge in [-0.1, -0.05) is 31.2 Å². The van der Waals surface area contributed by atoms with Crippen LogP contribution in [-0.4, -0.2) is 19.3 Å². The first kappa shape index (κ1) is 18.7. The fourth-order valence-electron chi connectivity index (χ4n) is 4.55. The molecule has 1 aliphatic carbocycles. The Morgan fingerprint density at radius 2 is 2.00 bits per heavy atom. The van der Waals surface area contributed by atoms with Gasteiger partial charge in [-0.05, 0) is 67.2 Å². The molecule has 5 nitrogen and oxygen atoms in total. The molecule has 0 radical (unpaired) electrons. The smallest absolute Gasteiger partial charge is 0.255 e. The first-order chi connectivity index (χ1) is 13.6. The van der Waals surface area contributed by atoms with Crippen LogP contribution in [0.25, 0.3) is 0 Å². The summed E-state index contributed by atoms with van der Waals surface area (Å²) in [5.41, 5.74) is 7.72. The molecular formula is C23H27NO4. The third-order valence-electron chi connectivity index (χ3n) is 5.92. The molecule has 28 heavy (non-hydrogen) atoms. The van der Waals surface area contributed by atoms with Crippen LogP contribution in [0.2, 0.25) is 0 Å². The molecule has 3 atom stereocenters. The summed E-state index contributed by atoms with van der Waals surface area (Å²) in [5.74, 6) is 3.77. The second-order valence-electron chi connectivity index (χ2n) is 7.92. The highest BCUT2D eigenvalue weighted by Crippen LogP contribution is 2.45. The number of rotatable bonds is 7. The number of carbonyl (C=O) groups is 1. The van der Waals surface area contributed by atoms with Crippen molar-refractivity contribution in [3.63, 3.8) is 0 Å². The number of hydrogen-bond donors (Lipinski definition) is 1. The van der Waals surface area contributed by atoms with Crippen LogP contribution in [0.4, 0.5) is 0 Å². The minimum atomic E-state index is -0.460. The maximum absolute atomic E-state index is 10.8. The number of nitrogens with two attached hydrogens (primary N) is 1. The first-order valence-electron chi connectivity index (χ1n) is 9.99. The highest BCUT2D eigenvalue weighted by atomic mass is 16.7. The SMILES string of the molecule is C[C@@H](CC1CC[C@@H](c2ccc(OCC(N)=O)cc2)C1)c1cccc2c1OCO2. The second kappa shape index (κ2) is 8.13. The third-order valence-corrected chi connectivity index (χ3v) is 5.92. The summed E-state index contributed by atoms with van der Waals surface area (Å²) in [5, 5.41) is 0. The van der Waals surface area contributed by atoms with E-state index in [1.807, 2.05) is 18.2 Å². The monoisotopic (exact) mass is 381 g/mol. The Labute approximate surface area is 165 Å². The van der Waals surface area contributed by atoms with Crippen LogP contribution in [0, 0.1) is 5.92 Å². The number of para-hydroxylation sites is 1. The number of amides is 1. The average Bonchev–Trinajstić information content (AvgIpc) is 3.35. The number of carbonyl (C=O) groups excluding carboxylic acids is 1. The fraction of sp³-hybridized carbons (Fsp3) is 0.435. The molecule has 0 aromatic heterocycles. The van der Waals surface area contributed by atoms with Gasteiger partial charge in [0.25, 0.3) is 5.91 Å². The first-order valence-corrected chi connectivity index (χ1v) is 9.99. The molecule has 1 unspecified atom stereocenters. The molecule has 1 amide bonds. The Morgan fingerprint density at radius 1 is 1.18 bits per heavy atom. The van der Waals surface area contributed by atoms with Crippen LogP contribution in [0.15, 0.2) is 42.5 Å². The van der Waals surface area contributed by atoms with Crippen molar-refractivity contribution in [1.29, 1.82) is 0 Å². The van der Waals surface area contributed by atoms with Crippen molar-refractivity contribution in [2.24, 2.45) is 11.7 Å². The normalized spacial score (nSPS) is 21.5. The predicted octanol–water partition coefficient (Wildman–Crippen LogP) is 4.36. The van der Waals surface area contributed by atoms with Gasteiger partial charge in [0.15, 0.2) is 18.1 Å². The summed E-state index contributed by atoms with van der Waals surface area (Å²) in [7, 11) is 0. The van der Waals surface area contributed by atoms with E-state index < -0.39 is 5.91 Å². The Kier molecular flexibility index (Phi) is 5.42. The van der Waals surface area contributed by atoms with Crippen molar-refractivity contribution >= 4 is 5.91 Å². The topological polar surface area (TPSA) is 70.8 Å². The Hall–Kier alpha value is -2.69. The van der Waals surface area contributed by atoms with Crippen LogP contribution in [0.1, 0.15) is 55.6 Å². The molecule has 1 fully saturated rings. The summed E-state index contributed by atoms with van der Waals surface area (Å²) in [6, 6.07) is 14.3. The van der Waals surface area contributed by atoms with Gasteiger partial charge in [0.1, 0.15) is 5.75 Å². The van der Waals surface area contributed by atoms with Crippen molar-refractivity contribution in [3.05, 3.63) is 53.6 Å². The second-order valence-corrected chi connectivity index (χ2v) is 7.92. The number of ether oxygens (including phenoxy) is 3. The molecule has 148 valence electrons. The molecule has 2 aromatic carbocycles. The van der Waals surface area contributed by atoms with Crippen LogP contribution in [-0.2, 0) is 4.79 Å². The highest BCUT2D eigenvalue weighted by Gasteiger charge is 2.29. The molecule has 1 saturated carbocycles. The standard InChI is InChI=1S/C23H27NO4/c1-15(20-3-2-4-21-23(20)28-14-27-21)11-16-5-6-18(12-16)17-7-9-19(10-8-17)26-13-22(24)25/h2-4,7-10,15-16,18H,5-6,11-14H2,1H3,(H2,24,25)/t15-,16?,18+/m0/s1. The summed E-state index contributed by atoms with van der Waals surface area (Å²) in [6.45, 7) is 2.53. The van der Waals surface area contributed by atoms with E-state index in [1.54, 1.807) is 0 Å². The van der Waals surface area contributed by atoms with E-state index >= 15 is 0 Å². The molecule has 4 rings (SSSR count). The summed E-state index contributed by atoms with van der Waals surface area (Å²) < 4.78 is 16.6. The Morgan fingerprint density at radius 3 is 2.79 bits per heavy atom. The van der Waals surface area contributed by atoms with Gasteiger partial charge >= 0.3 is 0 Å². The van der Waals surface area contributed by atoms with Crippen molar-refractivity contribution in [3.8, 4) is 17.2 Å². The van der Waals surface area contributed by atoms with Crippen LogP contribution < -0.4 is 19.9 Å². The van der Waals surface area contributed by atoms with E-state index in [9.17, 15) is 4.79 Å². The van der Waals surface area contributed by atoms with E-state index in [0.29, 0.717) is 30.3 Å². The van der Waals surface area contributed by atoms with Gasteiger partial charge in [-0.15, -0.1) is 0 Å². The van der Waals surface area contributed by atoms with Gasteiger partial charge in [0.05, 0.1) is 0 Å². The van der Waals surface area contributed by atoms with Gasteiger partial charge in [-0.25, -0.2) is 0 Å². The van der Waals surface area contributed by atoms with Gasteiger partial charge in [-0.2, -0.15) is 0 Å². The number of fused-ring (bicyclic) bond motifs is 1. The minimum absolute atomic E-state index is 0.0827. The van der Waals surface area contributed by atoms with E-state index in [0.717, 1.165) is 17.9 Å². The van der Waals surface area contributed by atoms with E-state index in [2.05, 4.69) is 31.2 Å². The van der Waals surface area contributed by atoms with E-state index in [1.165, 1.54) is 30.4 Å². The van der Waals surface area contributed by atoms with Gasteiger partial charge in [-0.3, -0.25) is 4.79 Å². The number of primary amides is 1. The van der Waals surface area contributed by atoms with Crippen molar-refractivity contribution < 1.29 is 19.0 Å². The molecule has 0 spiro atoms. The molecule has 0 bridgehead atoms. The molecule has 1 aliphatic heterocycles. The average molecular weight is 381 g/mol. The van der Waals surface area contributed by atoms with E-state index in [4.69, 9.17) is 19.9 Å². The van der Waals surface area contributed by atoms with Gasteiger partial charge in [0, 0.05) is 5.56 Å².